The van der Waals surface area contributed by atoms with Crippen LogP contribution in [0, 0.1) is 0 Å². The highest BCUT2D eigenvalue weighted by atomic mass is 16.6. The summed E-state index contributed by atoms with van der Waals surface area (Å²) in [5.41, 5.74) is -0.448. The number of ether oxygens (including phenoxy) is 2. The normalized spacial score (nSPS) is 23.2. The van der Waals surface area contributed by atoms with Gasteiger partial charge in [-0.2, -0.15) is 0 Å². The Kier molecular flexibility index (Phi) is 7.75. The van der Waals surface area contributed by atoms with Crippen LogP contribution in [0.2, 0.25) is 0 Å². The molecule has 5 heteroatoms. The van der Waals surface area contributed by atoms with Crippen molar-refractivity contribution in [2.45, 2.75) is 64.2 Å². The number of rotatable bonds is 6. The first-order chi connectivity index (χ1) is 9.90. The van der Waals surface area contributed by atoms with E-state index in [1.807, 2.05) is 32.9 Å². The van der Waals surface area contributed by atoms with Crippen LogP contribution >= 0.6 is 0 Å². The largest absolute Gasteiger partial charge is 0.444 e. The van der Waals surface area contributed by atoms with Crippen LogP contribution in [-0.2, 0) is 9.47 Å². The first kappa shape index (κ1) is 18.0. The minimum absolute atomic E-state index is 0.377. The molecule has 1 fully saturated rings. The Balaban J connectivity index is 2.04. The summed E-state index contributed by atoms with van der Waals surface area (Å²) in [5.74, 6) is 0. The second-order valence-electron chi connectivity index (χ2n) is 6.47. The molecule has 0 bridgehead atoms. The molecule has 0 unspecified atom stereocenters. The van der Waals surface area contributed by atoms with E-state index in [-0.39, 0.29) is 6.09 Å². The van der Waals surface area contributed by atoms with E-state index in [0.29, 0.717) is 18.7 Å². The van der Waals surface area contributed by atoms with Crippen molar-refractivity contribution in [3.8, 4) is 0 Å². The van der Waals surface area contributed by atoms with Gasteiger partial charge in [-0.05, 0) is 46.5 Å². The number of carbonyl (C=O) groups excluding carboxylic acids is 1. The molecule has 2 N–H and O–H groups in total. The van der Waals surface area contributed by atoms with E-state index in [2.05, 4.69) is 10.6 Å². The van der Waals surface area contributed by atoms with Crippen LogP contribution in [0.25, 0.3) is 0 Å². The molecule has 5 nitrogen and oxygen atoms in total. The first-order valence-electron chi connectivity index (χ1n) is 7.78. The smallest absolute Gasteiger partial charge is 0.407 e. The highest BCUT2D eigenvalue weighted by Gasteiger charge is 2.19. The van der Waals surface area contributed by atoms with Crippen LogP contribution in [-0.4, -0.2) is 44.0 Å². The third kappa shape index (κ3) is 8.73. The maximum atomic E-state index is 11.4. The number of nitrogens with one attached hydrogen (secondary N) is 2. The summed E-state index contributed by atoms with van der Waals surface area (Å²) < 4.78 is 10.5. The maximum absolute atomic E-state index is 11.4. The van der Waals surface area contributed by atoms with E-state index in [1.54, 1.807) is 7.11 Å². The second kappa shape index (κ2) is 9.05. The van der Waals surface area contributed by atoms with E-state index in [4.69, 9.17) is 9.47 Å². The van der Waals surface area contributed by atoms with Gasteiger partial charge in [0.1, 0.15) is 5.60 Å². The molecule has 21 heavy (non-hydrogen) atoms. The van der Waals surface area contributed by atoms with Crippen molar-refractivity contribution in [3.05, 3.63) is 12.2 Å². The Morgan fingerprint density at radius 3 is 2.33 bits per heavy atom. The van der Waals surface area contributed by atoms with Crippen molar-refractivity contribution in [1.82, 2.24) is 10.6 Å². The van der Waals surface area contributed by atoms with Gasteiger partial charge in [-0.25, -0.2) is 4.79 Å². The van der Waals surface area contributed by atoms with Crippen LogP contribution in [0.15, 0.2) is 12.2 Å². The molecule has 1 rings (SSSR count). The summed E-state index contributed by atoms with van der Waals surface area (Å²) in [5, 5.41) is 6.21. The summed E-state index contributed by atoms with van der Waals surface area (Å²) in [7, 11) is 1.79. The molecule has 0 heterocycles. The molecule has 1 amide bonds. The van der Waals surface area contributed by atoms with Crippen molar-refractivity contribution >= 4 is 6.09 Å². The highest BCUT2D eigenvalue weighted by Crippen LogP contribution is 2.20. The molecule has 0 aromatic heterocycles. The van der Waals surface area contributed by atoms with E-state index in [0.717, 1.165) is 19.4 Å². The number of methoxy groups -OCH3 is 1. The maximum Gasteiger partial charge on any atom is 0.407 e. The van der Waals surface area contributed by atoms with Crippen molar-refractivity contribution in [2.75, 3.05) is 20.2 Å². The van der Waals surface area contributed by atoms with Crippen LogP contribution in [0.3, 0.4) is 0 Å². The number of hydrogen-bond donors (Lipinski definition) is 2. The molecule has 1 saturated carbocycles. The minimum Gasteiger partial charge on any atom is -0.444 e. The quantitative estimate of drug-likeness (QED) is 0.740. The molecule has 122 valence electrons. The van der Waals surface area contributed by atoms with Gasteiger partial charge in [0.05, 0.1) is 6.10 Å². The van der Waals surface area contributed by atoms with Gasteiger partial charge in [0, 0.05) is 26.2 Å². The van der Waals surface area contributed by atoms with Gasteiger partial charge in [0.15, 0.2) is 0 Å². The fourth-order valence-electron chi connectivity index (χ4n) is 2.36. The molecule has 0 atom stereocenters. The molecule has 0 aliphatic heterocycles. The van der Waals surface area contributed by atoms with Crippen LogP contribution in [0.4, 0.5) is 4.79 Å². The van der Waals surface area contributed by atoms with Crippen LogP contribution in [0.5, 0.6) is 0 Å². The Morgan fingerprint density at radius 1 is 1.14 bits per heavy atom. The van der Waals surface area contributed by atoms with Gasteiger partial charge in [0.2, 0.25) is 0 Å². The van der Waals surface area contributed by atoms with Crippen molar-refractivity contribution in [1.29, 1.82) is 0 Å². The molecule has 1 aliphatic carbocycles. The molecule has 0 aromatic carbocycles. The lowest BCUT2D eigenvalue weighted by molar-refractivity contribution is 0.0534. The summed E-state index contributed by atoms with van der Waals surface area (Å²) in [6.45, 7) is 6.88. The fourth-order valence-corrected chi connectivity index (χ4v) is 2.36. The van der Waals surface area contributed by atoms with Gasteiger partial charge in [-0.15, -0.1) is 0 Å². The molecule has 0 radical (unpaired) electrons. The zero-order chi connectivity index (χ0) is 15.7. The third-order valence-electron chi connectivity index (χ3n) is 3.46. The second-order valence-corrected chi connectivity index (χ2v) is 6.47. The highest BCUT2D eigenvalue weighted by molar-refractivity contribution is 5.67. The average molecular weight is 298 g/mol. The zero-order valence-corrected chi connectivity index (χ0v) is 13.8. The molecular formula is C16H30N2O3. The molecule has 0 spiro atoms. The summed E-state index contributed by atoms with van der Waals surface area (Å²) >= 11 is 0. The number of amides is 1. The molecule has 0 saturated heterocycles. The molecular weight excluding hydrogens is 268 g/mol. The number of carbonyl (C=O) groups is 1. The Labute approximate surface area is 128 Å². The van der Waals surface area contributed by atoms with Gasteiger partial charge in [-0.1, -0.05) is 12.2 Å². The number of hydrogen-bond acceptors (Lipinski definition) is 4. The van der Waals surface area contributed by atoms with Gasteiger partial charge < -0.3 is 20.1 Å². The van der Waals surface area contributed by atoms with Crippen molar-refractivity contribution in [3.63, 3.8) is 0 Å². The van der Waals surface area contributed by atoms with E-state index < -0.39 is 5.60 Å². The van der Waals surface area contributed by atoms with Gasteiger partial charge >= 0.3 is 6.09 Å². The first-order valence-corrected chi connectivity index (χ1v) is 7.78. The van der Waals surface area contributed by atoms with Gasteiger partial charge in [0.25, 0.3) is 0 Å². The SMILES string of the molecule is COC1CCC(NC/C=C/CNC(=O)OC(C)(C)C)CC1. The van der Waals surface area contributed by atoms with Gasteiger partial charge in [-0.3, -0.25) is 0 Å². The summed E-state index contributed by atoms with van der Waals surface area (Å²) in [6.07, 6.45) is 8.66. The minimum atomic E-state index is -0.448. The Bertz CT molecular complexity index is 329. The monoisotopic (exact) mass is 298 g/mol. The van der Waals surface area contributed by atoms with Crippen LogP contribution in [0.1, 0.15) is 46.5 Å². The predicted molar refractivity (Wildman–Crippen MR) is 84.4 cm³/mol. The topological polar surface area (TPSA) is 59.6 Å². The zero-order valence-electron chi connectivity index (χ0n) is 13.8. The third-order valence-corrected chi connectivity index (χ3v) is 3.46. The van der Waals surface area contributed by atoms with E-state index >= 15 is 0 Å². The van der Waals surface area contributed by atoms with Crippen LogP contribution < -0.4 is 10.6 Å². The number of alkyl carbamates (subject to hydrolysis) is 1. The lowest BCUT2D eigenvalue weighted by Gasteiger charge is -2.27. The van der Waals surface area contributed by atoms with Crippen molar-refractivity contribution < 1.29 is 14.3 Å². The Hall–Kier alpha value is -1.07. The predicted octanol–water partition coefficient (Wildman–Crippen LogP) is 2.61. The molecule has 1 aliphatic rings. The lowest BCUT2D eigenvalue weighted by atomic mass is 9.93. The summed E-state index contributed by atoms with van der Waals surface area (Å²) in [6, 6.07) is 0.583. The summed E-state index contributed by atoms with van der Waals surface area (Å²) in [4.78, 5) is 11.4. The van der Waals surface area contributed by atoms with E-state index in [9.17, 15) is 4.79 Å². The average Bonchev–Trinajstić information content (AvgIpc) is 2.41. The standard InChI is InChI=1S/C16H30N2O3/c1-16(2,3)21-15(19)18-12-6-5-11-17-13-7-9-14(20-4)10-8-13/h5-6,13-14,17H,7-12H2,1-4H3,(H,18,19)/b6-5+. The lowest BCUT2D eigenvalue weighted by Crippen LogP contribution is -2.35. The van der Waals surface area contributed by atoms with Crippen molar-refractivity contribution in [2.24, 2.45) is 0 Å². The van der Waals surface area contributed by atoms with E-state index in [1.165, 1.54) is 12.8 Å². The molecule has 0 aromatic rings. The fraction of sp³-hybridized carbons (Fsp3) is 0.812. The Morgan fingerprint density at radius 2 is 1.76 bits per heavy atom.